The van der Waals surface area contributed by atoms with Gasteiger partial charge in [-0.25, -0.2) is 0 Å². The highest BCUT2D eigenvalue weighted by atomic mass is 16.1. The average Bonchev–Trinajstić information content (AvgIpc) is 1.88. The first-order valence-electron chi connectivity index (χ1n) is 3.06. The van der Waals surface area contributed by atoms with Crippen molar-refractivity contribution >= 4 is 12.0 Å². The number of carbonyl (C=O) groups is 1. The molecule has 0 aromatic rings. The lowest BCUT2D eigenvalue weighted by Gasteiger charge is -2.06. The molecule has 0 aromatic heterocycles. The van der Waals surface area contributed by atoms with Gasteiger partial charge in [-0.05, 0) is 30.9 Å². The predicted molar refractivity (Wildman–Crippen MR) is 35.7 cm³/mol. The van der Waals surface area contributed by atoms with Crippen molar-refractivity contribution in [2.75, 3.05) is 0 Å². The van der Waals surface area contributed by atoms with Crippen LogP contribution in [0.15, 0.2) is 11.6 Å². The van der Waals surface area contributed by atoms with Crippen molar-refractivity contribution in [1.82, 2.24) is 0 Å². The second-order valence-corrected chi connectivity index (χ2v) is 2.22. The lowest BCUT2D eigenvalue weighted by Crippen LogP contribution is -2.01. The van der Waals surface area contributed by atoms with E-state index in [1.807, 2.05) is 0 Å². The molecule has 9 heavy (non-hydrogen) atoms. The molecule has 1 N–H and O–H groups in total. The summed E-state index contributed by atoms with van der Waals surface area (Å²) in [5.41, 5.74) is 1.36. The van der Waals surface area contributed by atoms with Gasteiger partial charge in [0.05, 0.1) is 0 Å². The van der Waals surface area contributed by atoms with Crippen molar-refractivity contribution in [3.8, 4) is 0 Å². The molecular formula is C7H9NO. The van der Waals surface area contributed by atoms with Crippen LogP contribution in [-0.4, -0.2) is 12.0 Å². The highest BCUT2D eigenvalue weighted by Crippen LogP contribution is 2.12. The molecule has 0 aliphatic heterocycles. The van der Waals surface area contributed by atoms with Gasteiger partial charge in [0, 0.05) is 5.71 Å². The van der Waals surface area contributed by atoms with Crippen LogP contribution in [0.5, 0.6) is 0 Å². The molecule has 0 radical (unpaired) electrons. The topological polar surface area (TPSA) is 40.9 Å². The van der Waals surface area contributed by atoms with E-state index >= 15 is 0 Å². The van der Waals surface area contributed by atoms with Crippen LogP contribution in [-0.2, 0) is 4.79 Å². The SMILES string of the molecule is N=C1C=C(C=O)CCC1. The molecule has 0 saturated carbocycles. The van der Waals surface area contributed by atoms with Crippen LogP contribution >= 0.6 is 0 Å². The number of aldehydes is 1. The van der Waals surface area contributed by atoms with Gasteiger partial charge in [-0.2, -0.15) is 0 Å². The van der Waals surface area contributed by atoms with Crippen LogP contribution < -0.4 is 0 Å². The number of hydrogen-bond donors (Lipinski definition) is 1. The summed E-state index contributed by atoms with van der Waals surface area (Å²) in [5.74, 6) is 0. The number of rotatable bonds is 1. The van der Waals surface area contributed by atoms with Crippen molar-refractivity contribution in [3.05, 3.63) is 11.6 Å². The smallest absolute Gasteiger partial charge is 0.146 e. The van der Waals surface area contributed by atoms with Crippen LogP contribution in [0.3, 0.4) is 0 Å². The van der Waals surface area contributed by atoms with Crippen LogP contribution in [0.1, 0.15) is 19.3 Å². The van der Waals surface area contributed by atoms with Crippen LogP contribution in [0.4, 0.5) is 0 Å². The Balaban J connectivity index is 2.70. The molecule has 0 atom stereocenters. The quantitative estimate of drug-likeness (QED) is 0.525. The third-order valence-electron chi connectivity index (χ3n) is 1.42. The monoisotopic (exact) mass is 123 g/mol. The summed E-state index contributed by atoms with van der Waals surface area (Å²) >= 11 is 0. The first kappa shape index (κ1) is 6.20. The van der Waals surface area contributed by atoms with Crippen molar-refractivity contribution in [3.63, 3.8) is 0 Å². The maximum atomic E-state index is 10.1. The molecule has 0 unspecified atom stereocenters. The van der Waals surface area contributed by atoms with Gasteiger partial charge in [-0.1, -0.05) is 0 Å². The van der Waals surface area contributed by atoms with E-state index in [1.54, 1.807) is 6.08 Å². The zero-order chi connectivity index (χ0) is 6.69. The van der Waals surface area contributed by atoms with Crippen molar-refractivity contribution in [1.29, 1.82) is 5.41 Å². The Hall–Kier alpha value is -0.920. The van der Waals surface area contributed by atoms with Gasteiger partial charge < -0.3 is 5.41 Å². The summed E-state index contributed by atoms with van der Waals surface area (Å²) in [6, 6.07) is 0. The largest absolute Gasteiger partial charge is 0.305 e. The molecule has 1 aliphatic carbocycles. The summed E-state index contributed by atoms with van der Waals surface area (Å²) < 4.78 is 0. The van der Waals surface area contributed by atoms with Crippen LogP contribution in [0.25, 0.3) is 0 Å². The first-order chi connectivity index (χ1) is 4.33. The highest BCUT2D eigenvalue weighted by molar-refractivity contribution is 5.98. The molecule has 0 bridgehead atoms. The first-order valence-corrected chi connectivity index (χ1v) is 3.06. The molecule has 0 spiro atoms. The van der Waals surface area contributed by atoms with Crippen LogP contribution in [0, 0.1) is 5.41 Å². The fourth-order valence-corrected chi connectivity index (χ4v) is 0.944. The van der Waals surface area contributed by atoms with Gasteiger partial charge in [-0.3, -0.25) is 4.79 Å². The lowest BCUT2D eigenvalue weighted by atomic mass is 9.99. The molecule has 0 aromatic carbocycles. The summed E-state index contributed by atoms with van der Waals surface area (Å²) in [5, 5.41) is 7.19. The Bertz CT molecular complexity index is 170. The summed E-state index contributed by atoms with van der Waals surface area (Å²) in [6.45, 7) is 0. The molecule has 0 heterocycles. The fraction of sp³-hybridized carbons (Fsp3) is 0.429. The summed E-state index contributed by atoms with van der Waals surface area (Å²) in [6.07, 6.45) is 5.15. The third kappa shape index (κ3) is 1.49. The highest BCUT2D eigenvalue weighted by Gasteiger charge is 2.04. The molecule has 0 fully saturated rings. The summed E-state index contributed by atoms with van der Waals surface area (Å²) in [7, 11) is 0. The van der Waals surface area contributed by atoms with Crippen molar-refractivity contribution in [2.24, 2.45) is 0 Å². The Morgan fingerprint density at radius 3 is 2.78 bits per heavy atom. The maximum Gasteiger partial charge on any atom is 0.146 e. The van der Waals surface area contributed by atoms with Gasteiger partial charge >= 0.3 is 0 Å². The zero-order valence-corrected chi connectivity index (χ0v) is 5.18. The van der Waals surface area contributed by atoms with E-state index in [9.17, 15) is 4.79 Å². The molecule has 48 valence electrons. The van der Waals surface area contributed by atoms with Gasteiger partial charge in [-0.15, -0.1) is 0 Å². The minimum atomic E-state index is 0.586. The lowest BCUT2D eigenvalue weighted by molar-refractivity contribution is -0.105. The standard InChI is InChI=1S/C7H9NO/c8-7-3-1-2-6(4-7)5-9/h4-5,8H,1-3H2. The Morgan fingerprint density at radius 2 is 2.33 bits per heavy atom. The van der Waals surface area contributed by atoms with Crippen molar-refractivity contribution in [2.45, 2.75) is 19.3 Å². The number of carbonyl (C=O) groups excluding carboxylic acids is 1. The Morgan fingerprint density at radius 1 is 1.56 bits per heavy atom. The third-order valence-corrected chi connectivity index (χ3v) is 1.42. The normalized spacial score (nSPS) is 19.1. The minimum absolute atomic E-state index is 0.586. The van der Waals surface area contributed by atoms with E-state index in [2.05, 4.69) is 0 Å². The average molecular weight is 123 g/mol. The molecule has 2 heteroatoms. The molecule has 0 amide bonds. The van der Waals surface area contributed by atoms with E-state index in [4.69, 9.17) is 5.41 Å². The maximum absolute atomic E-state index is 10.1. The van der Waals surface area contributed by atoms with Gasteiger partial charge in [0.1, 0.15) is 6.29 Å². The second kappa shape index (κ2) is 2.58. The van der Waals surface area contributed by atoms with Gasteiger partial charge in [0.2, 0.25) is 0 Å². The van der Waals surface area contributed by atoms with E-state index in [1.165, 1.54) is 0 Å². The molecule has 2 nitrogen and oxygen atoms in total. The van der Waals surface area contributed by atoms with E-state index < -0.39 is 0 Å². The van der Waals surface area contributed by atoms with E-state index in [0.29, 0.717) is 5.71 Å². The van der Waals surface area contributed by atoms with Gasteiger partial charge in [0.15, 0.2) is 0 Å². The fourth-order valence-electron chi connectivity index (χ4n) is 0.944. The Kier molecular flexibility index (Phi) is 1.78. The zero-order valence-electron chi connectivity index (χ0n) is 5.18. The number of hydrogen-bond acceptors (Lipinski definition) is 2. The predicted octanol–water partition coefficient (Wildman–Crippen LogP) is 1.32. The molecule has 1 aliphatic rings. The van der Waals surface area contributed by atoms with E-state index in [-0.39, 0.29) is 0 Å². The van der Waals surface area contributed by atoms with E-state index in [0.717, 1.165) is 31.1 Å². The number of nitrogens with one attached hydrogen (secondary N) is 1. The number of allylic oxidation sites excluding steroid dienone is 2. The van der Waals surface area contributed by atoms with Crippen LogP contribution in [0.2, 0.25) is 0 Å². The molecular weight excluding hydrogens is 114 g/mol. The van der Waals surface area contributed by atoms with Gasteiger partial charge in [0.25, 0.3) is 0 Å². The van der Waals surface area contributed by atoms with Crippen molar-refractivity contribution < 1.29 is 4.79 Å². The Labute approximate surface area is 54.1 Å². The minimum Gasteiger partial charge on any atom is -0.305 e. The molecule has 0 saturated heterocycles. The molecule has 1 rings (SSSR count). The second-order valence-electron chi connectivity index (χ2n) is 2.22. The summed E-state index contributed by atoms with van der Waals surface area (Å²) in [4.78, 5) is 10.1.